The molecule has 0 aliphatic heterocycles. The van der Waals surface area contributed by atoms with Crippen LogP contribution in [0, 0.1) is 0 Å². The second kappa shape index (κ2) is 10.5. The van der Waals surface area contributed by atoms with Gasteiger partial charge in [-0.15, -0.1) is 12.4 Å². The van der Waals surface area contributed by atoms with E-state index in [2.05, 4.69) is 22.1 Å². The Hall–Kier alpha value is -0.620. The molecule has 0 saturated heterocycles. The standard InChI is InChI=1S/C11H18N2O2S.ClH/c1-15-6-5-12-8-11(14)13-4-2-10-3-7-16-9-10;/h3,7,9,12H,2,4-6,8H2,1H3,(H,13,14);1H. The molecule has 0 unspecified atom stereocenters. The number of methoxy groups -OCH3 is 1. The largest absolute Gasteiger partial charge is 0.383 e. The van der Waals surface area contributed by atoms with Gasteiger partial charge in [-0.05, 0) is 28.8 Å². The molecule has 98 valence electrons. The third-order valence-corrected chi connectivity index (χ3v) is 2.82. The van der Waals surface area contributed by atoms with Crippen LogP contribution in [-0.4, -0.2) is 39.3 Å². The summed E-state index contributed by atoms with van der Waals surface area (Å²) in [6.07, 6.45) is 0.896. The van der Waals surface area contributed by atoms with Crippen LogP contribution in [0.15, 0.2) is 16.8 Å². The van der Waals surface area contributed by atoms with Crippen LogP contribution >= 0.6 is 23.7 Å². The normalized spacial score (nSPS) is 9.71. The third kappa shape index (κ3) is 8.15. The number of nitrogens with one attached hydrogen (secondary N) is 2. The first kappa shape index (κ1) is 16.4. The second-order valence-corrected chi connectivity index (χ2v) is 4.18. The molecule has 6 heteroatoms. The quantitative estimate of drug-likeness (QED) is 0.700. The number of hydrogen-bond acceptors (Lipinski definition) is 4. The highest BCUT2D eigenvalue weighted by molar-refractivity contribution is 7.07. The molecule has 1 amide bonds. The van der Waals surface area contributed by atoms with Gasteiger partial charge >= 0.3 is 0 Å². The van der Waals surface area contributed by atoms with Crippen molar-refractivity contribution in [1.82, 2.24) is 10.6 Å². The lowest BCUT2D eigenvalue weighted by atomic mass is 10.2. The Morgan fingerprint density at radius 2 is 2.29 bits per heavy atom. The Morgan fingerprint density at radius 1 is 1.47 bits per heavy atom. The molecular formula is C11H19ClN2O2S. The van der Waals surface area contributed by atoms with Crippen molar-refractivity contribution in [3.8, 4) is 0 Å². The lowest BCUT2D eigenvalue weighted by Crippen LogP contribution is -2.36. The highest BCUT2D eigenvalue weighted by atomic mass is 35.5. The minimum Gasteiger partial charge on any atom is -0.383 e. The summed E-state index contributed by atoms with van der Waals surface area (Å²) in [5.41, 5.74) is 1.28. The van der Waals surface area contributed by atoms with Gasteiger partial charge in [-0.3, -0.25) is 4.79 Å². The molecule has 0 aliphatic rings. The van der Waals surface area contributed by atoms with Crippen LogP contribution in [0.1, 0.15) is 5.56 Å². The Labute approximate surface area is 112 Å². The van der Waals surface area contributed by atoms with Crippen molar-refractivity contribution >= 4 is 29.7 Å². The highest BCUT2D eigenvalue weighted by Gasteiger charge is 1.99. The second-order valence-electron chi connectivity index (χ2n) is 3.40. The van der Waals surface area contributed by atoms with Crippen LogP contribution in [0.5, 0.6) is 0 Å². The number of hydrogen-bond donors (Lipinski definition) is 2. The molecule has 1 aromatic rings. The predicted octanol–water partition coefficient (Wildman–Crippen LogP) is 1.06. The van der Waals surface area contributed by atoms with Crippen LogP contribution in [0.2, 0.25) is 0 Å². The molecule has 0 aliphatic carbocycles. The Kier molecular flexibility index (Phi) is 10.1. The van der Waals surface area contributed by atoms with Gasteiger partial charge in [0, 0.05) is 20.2 Å². The summed E-state index contributed by atoms with van der Waals surface area (Å²) in [5.74, 6) is 0.0336. The van der Waals surface area contributed by atoms with Crippen LogP contribution in [0.3, 0.4) is 0 Å². The zero-order valence-corrected chi connectivity index (χ0v) is 11.5. The van der Waals surface area contributed by atoms with Crippen molar-refractivity contribution < 1.29 is 9.53 Å². The summed E-state index contributed by atoms with van der Waals surface area (Å²) in [7, 11) is 1.64. The summed E-state index contributed by atoms with van der Waals surface area (Å²) in [4.78, 5) is 11.3. The number of thiophene rings is 1. The molecule has 0 aromatic carbocycles. The summed E-state index contributed by atoms with van der Waals surface area (Å²) < 4.78 is 4.86. The number of carbonyl (C=O) groups excluding carboxylic acids is 1. The molecular weight excluding hydrogens is 260 g/mol. The van der Waals surface area contributed by atoms with E-state index in [0.29, 0.717) is 26.2 Å². The third-order valence-electron chi connectivity index (χ3n) is 2.08. The van der Waals surface area contributed by atoms with Crippen LogP contribution in [-0.2, 0) is 16.0 Å². The molecule has 0 radical (unpaired) electrons. The van der Waals surface area contributed by atoms with E-state index < -0.39 is 0 Å². The van der Waals surface area contributed by atoms with Crippen molar-refractivity contribution in [2.24, 2.45) is 0 Å². The zero-order valence-electron chi connectivity index (χ0n) is 9.90. The Bertz CT molecular complexity index is 294. The van der Waals surface area contributed by atoms with Crippen molar-refractivity contribution in [3.05, 3.63) is 22.4 Å². The van der Waals surface area contributed by atoms with Gasteiger partial charge in [0.25, 0.3) is 0 Å². The van der Waals surface area contributed by atoms with E-state index in [-0.39, 0.29) is 18.3 Å². The van der Waals surface area contributed by atoms with E-state index in [1.165, 1.54) is 5.56 Å². The van der Waals surface area contributed by atoms with E-state index in [0.717, 1.165) is 6.42 Å². The first-order valence-corrected chi connectivity index (χ1v) is 6.24. The first-order chi connectivity index (χ1) is 7.83. The van der Waals surface area contributed by atoms with E-state index in [1.807, 2.05) is 5.38 Å². The highest BCUT2D eigenvalue weighted by Crippen LogP contribution is 2.05. The van der Waals surface area contributed by atoms with Gasteiger partial charge in [0.1, 0.15) is 0 Å². The minimum absolute atomic E-state index is 0. The number of ether oxygens (including phenoxy) is 1. The van der Waals surface area contributed by atoms with Gasteiger partial charge in [0.15, 0.2) is 0 Å². The van der Waals surface area contributed by atoms with Crippen LogP contribution in [0.25, 0.3) is 0 Å². The number of carbonyl (C=O) groups is 1. The Morgan fingerprint density at radius 3 is 2.94 bits per heavy atom. The van der Waals surface area contributed by atoms with Crippen molar-refractivity contribution in [2.75, 3.05) is 33.4 Å². The van der Waals surface area contributed by atoms with Gasteiger partial charge in [-0.25, -0.2) is 0 Å². The average molecular weight is 279 g/mol. The van der Waals surface area contributed by atoms with Crippen LogP contribution in [0.4, 0.5) is 0 Å². The minimum atomic E-state index is 0. The monoisotopic (exact) mass is 278 g/mol. The van der Waals surface area contributed by atoms with Gasteiger partial charge in [0.05, 0.1) is 13.2 Å². The molecule has 1 aromatic heterocycles. The van der Waals surface area contributed by atoms with Crippen molar-refractivity contribution in [3.63, 3.8) is 0 Å². The molecule has 0 fully saturated rings. The first-order valence-electron chi connectivity index (χ1n) is 5.30. The molecule has 17 heavy (non-hydrogen) atoms. The lowest BCUT2D eigenvalue weighted by molar-refractivity contribution is -0.120. The molecule has 0 saturated carbocycles. The molecule has 1 rings (SSSR count). The van der Waals surface area contributed by atoms with Gasteiger partial charge < -0.3 is 15.4 Å². The maximum Gasteiger partial charge on any atom is 0.233 e. The smallest absolute Gasteiger partial charge is 0.233 e. The number of rotatable bonds is 8. The van der Waals surface area contributed by atoms with E-state index in [1.54, 1.807) is 18.4 Å². The summed E-state index contributed by atoms with van der Waals surface area (Å²) in [6, 6.07) is 2.08. The van der Waals surface area contributed by atoms with Gasteiger partial charge in [-0.1, -0.05) is 0 Å². The zero-order chi connectivity index (χ0) is 11.6. The molecule has 0 bridgehead atoms. The molecule has 0 atom stereocenters. The van der Waals surface area contributed by atoms with Crippen LogP contribution < -0.4 is 10.6 Å². The molecule has 0 spiro atoms. The van der Waals surface area contributed by atoms with E-state index >= 15 is 0 Å². The predicted molar refractivity (Wildman–Crippen MR) is 73.0 cm³/mol. The SMILES string of the molecule is COCCNCC(=O)NCCc1ccsc1.Cl. The number of halogens is 1. The molecule has 1 heterocycles. The van der Waals surface area contributed by atoms with Gasteiger partial charge in [-0.2, -0.15) is 11.3 Å². The fraction of sp³-hybridized carbons (Fsp3) is 0.545. The van der Waals surface area contributed by atoms with Gasteiger partial charge in [0.2, 0.25) is 5.91 Å². The summed E-state index contributed by atoms with van der Waals surface area (Å²) in [6.45, 7) is 2.38. The topological polar surface area (TPSA) is 50.4 Å². The summed E-state index contributed by atoms with van der Waals surface area (Å²) >= 11 is 1.68. The van der Waals surface area contributed by atoms with Crippen molar-refractivity contribution in [2.45, 2.75) is 6.42 Å². The molecule has 4 nitrogen and oxygen atoms in total. The van der Waals surface area contributed by atoms with Crippen molar-refractivity contribution in [1.29, 1.82) is 0 Å². The lowest BCUT2D eigenvalue weighted by Gasteiger charge is -2.05. The fourth-order valence-electron chi connectivity index (χ4n) is 1.22. The summed E-state index contributed by atoms with van der Waals surface area (Å²) in [5, 5.41) is 10.0. The van der Waals surface area contributed by atoms with E-state index in [4.69, 9.17) is 4.74 Å². The Balaban J connectivity index is 0.00000256. The molecule has 2 N–H and O–H groups in total. The van der Waals surface area contributed by atoms with E-state index in [9.17, 15) is 4.79 Å². The number of amides is 1. The maximum absolute atomic E-state index is 11.3. The fourth-order valence-corrected chi connectivity index (χ4v) is 1.92. The average Bonchev–Trinajstić information content (AvgIpc) is 2.77. The maximum atomic E-state index is 11.3.